The molecule has 3 atom stereocenters. The molecule has 3 unspecified atom stereocenters. The summed E-state index contributed by atoms with van der Waals surface area (Å²) in [5.74, 6) is 1.59. The highest BCUT2D eigenvalue weighted by atomic mass is 32.1. The minimum atomic E-state index is 0.743. The van der Waals surface area contributed by atoms with Crippen LogP contribution < -0.4 is 5.32 Å². The van der Waals surface area contributed by atoms with Gasteiger partial charge in [0.25, 0.3) is 0 Å². The van der Waals surface area contributed by atoms with Crippen molar-refractivity contribution < 1.29 is 0 Å². The Bertz CT molecular complexity index is 466. The lowest BCUT2D eigenvalue weighted by molar-refractivity contribution is 0.174. The van der Waals surface area contributed by atoms with Crippen LogP contribution in [-0.4, -0.2) is 37.6 Å². The summed E-state index contributed by atoms with van der Waals surface area (Å²) in [6, 6.07) is 3.07. The molecule has 1 N–H and O–H groups in total. The third-order valence-electron chi connectivity index (χ3n) is 5.79. The third-order valence-corrected chi connectivity index (χ3v) is 6.91. The maximum atomic E-state index is 3.78. The van der Waals surface area contributed by atoms with E-state index in [2.05, 4.69) is 63.0 Å². The monoisotopic (exact) mass is 378 g/mol. The molecule has 0 radical (unpaired) electrons. The summed E-state index contributed by atoms with van der Waals surface area (Å²) >= 11 is 1.87. The fourth-order valence-corrected chi connectivity index (χ4v) is 4.68. The van der Waals surface area contributed by atoms with Crippen LogP contribution in [0.25, 0.3) is 6.08 Å². The molecule has 1 fully saturated rings. The van der Waals surface area contributed by atoms with Gasteiger partial charge in [-0.15, -0.1) is 11.3 Å². The van der Waals surface area contributed by atoms with Crippen LogP contribution in [0.1, 0.15) is 82.6 Å². The standard InChI is InChI=1S/C12H27N.C11H15NS/c1-6-9-10-12(11(4)7-2)13(5)8-3;1-2-9-6-11(13-8-9)10-4-3-5-12-7-10/h11-12H,6-10H2,1-5H3;2,6,8,10,12H,1,3-5,7H2. The van der Waals surface area contributed by atoms with E-state index in [0.29, 0.717) is 0 Å². The molecule has 0 amide bonds. The molecule has 1 saturated heterocycles. The molecule has 26 heavy (non-hydrogen) atoms. The zero-order valence-electron chi connectivity index (χ0n) is 17.9. The summed E-state index contributed by atoms with van der Waals surface area (Å²) in [6.45, 7) is 16.5. The SMILES string of the molecule is C=Cc1csc(C2CCCNC2)c1.CCCCC(C(C)CC)N(C)CC. The van der Waals surface area contributed by atoms with Crippen molar-refractivity contribution >= 4 is 17.4 Å². The van der Waals surface area contributed by atoms with Crippen LogP contribution in [0.2, 0.25) is 0 Å². The smallest absolute Gasteiger partial charge is 0.0118 e. The number of rotatable bonds is 9. The van der Waals surface area contributed by atoms with E-state index in [1.165, 1.54) is 62.1 Å². The Hall–Kier alpha value is -0.640. The molecule has 0 saturated carbocycles. The molecule has 0 bridgehead atoms. The minimum Gasteiger partial charge on any atom is -0.316 e. The highest BCUT2D eigenvalue weighted by molar-refractivity contribution is 7.10. The number of unbranched alkanes of at least 4 members (excludes halogenated alkanes) is 1. The Balaban J connectivity index is 0.000000260. The first-order valence-electron chi connectivity index (χ1n) is 10.7. The van der Waals surface area contributed by atoms with Gasteiger partial charge in [0.2, 0.25) is 0 Å². The number of nitrogens with one attached hydrogen (secondary N) is 1. The van der Waals surface area contributed by atoms with Crippen molar-refractivity contribution in [2.24, 2.45) is 5.92 Å². The van der Waals surface area contributed by atoms with E-state index in [1.54, 1.807) is 0 Å². The lowest BCUT2D eigenvalue weighted by atomic mass is 9.93. The van der Waals surface area contributed by atoms with Crippen LogP contribution in [0.3, 0.4) is 0 Å². The molecule has 150 valence electrons. The molecule has 1 aliphatic heterocycles. The Morgan fingerprint density at radius 1 is 1.38 bits per heavy atom. The van der Waals surface area contributed by atoms with Gasteiger partial charge >= 0.3 is 0 Å². The topological polar surface area (TPSA) is 15.3 Å². The minimum absolute atomic E-state index is 0.743. The second-order valence-electron chi connectivity index (χ2n) is 7.70. The summed E-state index contributed by atoms with van der Waals surface area (Å²) in [5.41, 5.74) is 1.27. The molecule has 0 spiro atoms. The normalized spacial score (nSPS) is 19.5. The predicted molar refractivity (Wildman–Crippen MR) is 120 cm³/mol. The first-order valence-corrected chi connectivity index (χ1v) is 11.6. The molecule has 2 nitrogen and oxygen atoms in total. The van der Waals surface area contributed by atoms with Crippen LogP contribution in [-0.2, 0) is 0 Å². The lowest BCUT2D eigenvalue weighted by Gasteiger charge is -2.31. The van der Waals surface area contributed by atoms with Crippen LogP contribution in [0.15, 0.2) is 18.0 Å². The van der Waals surface area contributed by atoms with Gasteiger partial charge in [-0.05, 0) is 62.3 Å². The van der Waals surface area contributed by atoms with E-state index < -0.39 is 0 Å². The third kappa shape index (κ3) is 7.94. The maximum Gasteiger partial charge on any atom is 0.0118 e. The molecule has 0 aromatic carbocycles. The number of nitrogens with zero attached hydrogens (tertiary/aromatic N) is 1. The van der Waals surface area contributed by atoms with Crippen molar-refractivity contribution in [3.8, 4) is 0 Å². The van der Waals surface area contributed by atoms with Gasteiger partial charge < -0.3 is 10.2 Å². The van der Waals surface area contributed by atoms with E-state index in [0.717, 1.165) is 24.4 Å². The zero-order valence-corrected chi connectivity index (χ0v) is 18.7. The van der Waals surface area contributed by atoms with Crippen LogP contribution >= 0.6 is 11.3 Å². The summed E-state index contributed by atoms with van der Waals surface area (Å²) < 4.78 is 0. The molecular weight excluding hydrogens is 336 g/mol. The van der Waals surface area contributed by atoms with Crippen LogP contribution in [0.5, 0.6) is 0 Å². The molecule has 1 aliphatic rings. The van der Waals surface area contributed by atoms with Crippen molar-refractivity contribution in [1.29, 1.82) is 0 Å². The van der Waals surface area contributed by atoms with E-state index in [9.17, 15) is 0 Å². The van der Waals surface area contributed by atoms with E-state index in [4.69, 9.17) is 0 Å². The van der Waals surface area contributed by atoms with Gasteiger partial charge in [0.1, 0.15) is 0 Å². The summed E-state index contributed by atoms with van der Waals surface area (Å²) in [6.07, 6.45) is 9.95. The fourth-order valence-electron chi connectivity index (χ4n) is 3.64. The van der Waals surface area contributed by atoms with E-state index in [-0.39, 0.29) is 0 Å². The Kier molecular flexibility index (Phi) is 12.2. The van der Waals surface area contributed by atoms with Gasteiger partial charge in [0.05, 0.1) is 0 Å². The van der Waals surface area contributed by atoms with E-state index in [1.807, 2.05) is 17.4 Å². The first-order chi connectivity index (χ1) is 12.6. The van der Waals surface area contributed by atoms with E-state index >= 15 is 0 Å². The predicted octanol–water partition coefficient (Wildman–Crippen LogP) is 6.40. The summed E-state index contributed by atoms with van der Waals surface area (Å²) in [5, 5.41) is 5.63. The number of hydrogen-bond acceptors (Lipinski definition) is 3. The number of piperidine rings is 1. The molecular formula is C23H42N2S. The van der Waals surface area contributed by atoms with Crippen molar-refractivity contribution in [3.05, 3.63) is 28.5 Å². The van der Waals surface area contributed by atoms with Crippen molar-refractivity contribution in [1.82, 2.24) is 10.2 Å². The molecule has 3 heteroatoms. The average molecular weight is 379 g/mol. The largest absolute Gasteiger partial charge is 0.316 e. The lowest BCUT2D eigenvalue weighted by Crippen LogP contribution is -2.36. The maximum absolute atomic E-state index is 3.78. The quantitative estimate of drug-likeness (QED) is 0.535. The van der Waals surface area contributed by atoms with Gasteiger partial charge in [-0.3, -0.25) is 0 Å². The zero-order chi connectivity index (χ0) is 19.4. The molecule has 0 aliphatic carbocycles. The number of thiophene rings is 1. The second kappa shape index (κ2) is 13.5. The average Bonchev–Trinajstić information content (AvgIpc) is 3.18. The highest BCUT2D eigenvalue weighted by Gasteiger charge is 2.18. The van der Waals surface area contributed by atoms with Crippen molar-refractivity contribution in [2.75, 3.05) is 26.7 Å². The summed E-state index contributed by atoms with van der Waals surface area (Å²) in [4.78, 5) is 4.02. The van der Waals surface area contributed by atoms with Crippen LogP contribution in [0, 0.1) is 5.92 Å². The van der Waals surface area contributed by atoms with Crippen molar-refractivity contribution in [2.45, 2.75) is 78.2 Å². The van der Waals surface area contributed by atoms with Gasteiger partial charge in [0, 0.05) is 23.4 Å². The van der Waals surface area contributed by atoms with Crippen LogP contribution in [0.4, 0.5) is 0 Å². The fraction of sp³-hybridized carbons (Fsp3) is 0.739. The molecule has 2 heterocycles. The highest BCUT2D eigenvalue weighted by Crippen LogP contribution is 2.29. The molecule has 2 rings (SSSR count). The second-order valence-corrected chi connectivity index (χ2v) is 8.64. The van der Waals surface area contributed by atoms with Gasteiger partial charge in [-0.25, -0.2) is 0 Å². The Morgan fingerprint density at radius 3 is 2.65 bits per heavy atom. The molecule has 1 aromatic rings. The Labute approximate surface area is 167 Å². The van der Waals surface area contributed by atoms with Gasteiger partial charge in [-0.1, -0.05) is 59.6 Å². The Morgan fingerprint density at radius 2 is 2.15 bits per heavy atom. The van der Waals surface area contributed by atoms with Gasteiger partial charge in [-0.2, -0.15) is 0 Å². The first kappa shape index (κ1) is 23.4. The molecule has 1 aromatic heterocycles. The van der Waals surface area contributed by atoms with Crippen molar-refractivity contribution in [3.63, 3.8) is 0 Å². The summed E-state index contributed by atoms with van der Waals surface area (Å²) in [7, 11) is 2.26. The van der Waals surface area contributed by atoms with Gasteiger partial charge in [0.15, 0.2) is 0 Å². The number of hydrogen-bond donors (Lipinski definition) is 1.